The van der Waals surface area contributed by atoms with E-state index in [2.05, 4.69) is 25.8 Å². The number of aromatic amines is 1. The van der Waals surface area contributed by atoms with Gasteiger partial charge in [0.15, 0.2) is 5.82 Å². The molecule has 10 nitrogen and oxygen atoms in total. The lowest BCUT2D eigenvalue weighted by molar-refractivity contribution is -0.120. The molecule has 2 heterocycles. The second kappa shape index (κ2) is 9.94. The lowest BCUT2D eigenvalue weighted by Gasteiger charge is -2.15. The zero-order valence-corrected chi connectivity index (χ0v) is 18.1. The monoisotopic (exact) mass is 448 g/mol. The Kier molecular flexibility index (Phi) is 6.63. The molecule has 0 unspecified atom stereocenters. The molecule has 3 N–H and O–H groups in total. The topological polar surface area (TPSA) is 129 Å². The summed E-state index contributed by atoms with van der Waals surface area (Å²) in [6, 6.07) is 14.1. The van der Waals surface area contributed by atoms with Crippen molar-refractivity contribution < 1.29 is 19.1 Å². The number of nitrogens with zero attached hydrogens (tertiary/aromatic N) is 3. The Labute approximate surface area is 190 Å². The molecule has 0 bridgehead atoms. The summed E-state index contributed by atoms with van der Waals surface area (Å²) in [6.45, 7) is 0.665. The van der Waals surface area contributed by atoms with Crippen molar-refractivity contribution in [2.75, 3.05) is 25.1 Å². The van der Waals surface area contributed by atoms with Gasteiger partial charge in [0.25, 0.3) is 5.91 Å². The zero-order valence-electron chi connectivity index (χ0n) is 18.1. The Hall–Kier alpha value is -4.21. The summed E-state index contributed by atoms with van der Waals surface area (Å²) in [7, 11) is 1.60. The average Bonchev–Trinajstić information content (AvgIpc) is 3.50. The number of rotatable bonds is 8. The van der Waals surface area contributed by atoms with E-state index >= 15 is 0 Å². The number of hydrogen-bond donors (Lipinski definition) is 3. The predicted molar refractivity (Wildman–Crippen MR) is 121 cm³/mol. The lowest BCUT2D eigenvalue weighted by Crippen LogP contribution is -2.36. The molecule has 1 fully saturated rings. The van der Waals surface area contributed by atoms with Gasteiger partial charge in [0.2, 0.25) is 11.8 Å². The van der Waals surface area contributed by atoms with Crippen molar-refractivity contribution in [3.05, 3.63) is 59.9 Å². The minimum atomic E-state index is -0.370. The summed E-state index contributed by atoms with van der Waals surface area (Å²) in [5, 5.41) is 12.2. The molecule has 3 aromatic rings. The smallest absolute Gasteiger partial charge is 0.251 e. The highest BCUT2D eigenvalue weighted by Gasteiger charge is 2.21. The molecule has 3 amide bonds. The van der Waals surface area contributed by atoms with E-state index in [-0.39, 0.29) is 30.8 Å². The van der Waals surface area contributed by atoms with E-state index in [1.807, 2.05) is 24.3 Å². The van der Waals surface area contributed by atoms with Crippen LogP contribution < -0.4 is 20.3 Å². The summed E-state index contributed by atoms with van der Waals surface area (Å²) in [5.41, 5.74) is 2.00. The Morgan fingerprint density at radius 2 is 1.85 bits per heavy atom. The van der Waals surface area contributed by atoms with Crippen LogP contribution in [0, 0.1) is 0 Å². The van der Waals surface area contributed by atoms with E-state index in [4.69, 9.17) is 4.74 Å². The molecule has 0 radical (unpaired) electrons. The molecule has 0 saturated carbocycles. The second-order valence-electron chi connectivity index (χ2n) is 7.49. The van der Waals surface area contributed by atoms with Gasteiger partial charge in [-0.1, -0.05) is 0 Å². The molecule has 0 aliphatic carbocycles. The first-order valence-electron chi connectivity index (χ1n) is 10.5. The number of benzene rings is 2. The Morgan fingerprint density at radius 1 is 1.09 bits per heavy atom. The van der Waals surface area contributed by atoms with Gasteiger partial charge in [0.05, 0.1) is 20.2 Å². The van der Waals surface area contributed by atoms with Crippen molar-refractivity contribution in [1.82, 2.24) is 25.8 Å². The van der Waals surface area contributed by atoms with Crippen LogP contribution in [0.1, 0.15) is 29.0 Å². The number of hydrogen-bond acceptors (Lipinski definition) is 6. The third-order valence-electron chi connectivity index (χ3n) is 5.26. The number of ether oxygens (including phenoxy) is 1. The number of amides is 3. The SMILES string of the molecule is COc1ccc(-c2n[nH]c(CNC(=O)CNC(=O)c3ccc(N4CCCC4=O)cc3)n2)cc1. The Morgan fingerprint density at radius 3 is 2.52 bits per heavy atom. The summed E-state index contributed by atoms with van der Waals surface area (Å²) in [5.74, 6) is 1.10. The highest BCUT2D eigenvalue weighted by atomic mass is 16.5. The maximum Gasteiger partial charge on any atom is 0.251 e. The zero-order chi connectivity index (χ0) is 23.2. The molecular formula is C23H24N6O4. The Balaban J connectivity index is 1.23. The molecule has 0 spiro atoms. The van der Waals surface area contributed by atoms with Crippen LogP contribution in [0.2, 0.25) is 0 Å². The average molecular weight is 448 g/mol. The van der Waals surface area contributed by atoms with Crippen molar-refractivity contribution in [3.63, 3.8) is 0 Å². The van der Waals surface area contributed by atoms with Crippen LogP contribution in [-0.4, -0.2) is 53.1 Å². The van der Waals surface area contributed by atoms with Crippen molar-refractivity contribution in [2.24, 2.45) is 0 Å². The molecule has 1 aliphatic heterocycles. The number of H-pyrrole nitrogens is 1. The molecule has 2 aromatic carbocycles. The fourth-order valence-electron chi connectivity index (χ4n) is 3.46. The molecule has 10 heteroatoms. The van der Waals surface area contributed by atoms with Gasteiger partial charge in [-0.15, -0.1) is 0 Å². The number of carbonyl (C=O) groups excluding carboxylic acids is 3. The van der Waals surface area contributed by atoms with Crippen molar-refractivity contribution in [2.45, 2.75) is 19.4 Å². The number of anilines is 1. The van der Waals surface area contributed by atoms with E-state index in [0.29, 0.717) is 30.2 Å². The Bertz CT molecular complexity index is 1140. The molecule has 1 aromatic heterocycles. The van der Waals surface area contributed by atoms with E-state index in [9.17, 15) is 14.4 Å². The number of nitrogens with one attached hydrogen (secondary N) is 3. The van der Waals surface area contributed by atoms with E-state index in [1.165, 1.54) is 0 Å². The van der Waals surface area contributed by atoms with Crippen molar-refractivity contribution in [3.8, 4) is 17.1 Å². The summed E-state index contributed by atoms with van der Waals surface area (Å²) >= 11 is 0. The van der Waals surface area contributed by atoms with Crippen LogP contribution in [0.25, 0.3) is 11.4 Å². The van der Waals surface area contributed by atoms with Crippen LogP contribution in [0.15, 0.2) is 48.5 Å². The first-order valence-corrected chi connectivity index (χ1v) is 10.5. The van der Waals surface area contributed by atoms with Gasteiger partial charge >= 0.3 is 0 Å². The normalized spacial score (nSPS) is 13.1. The third-order valence-corrected chi connectivity index (χ3v) is 5.26. The maximum atomic E-state index is 12.3. The molecule has 1 aliphatic rings. The van der Waals surface area contributed by atoms with E-state index in [1.54, 1.807) is 36.3 Å². The summed E-state index contributed by atoms with van der Waals surface area (Å²) < 4.78 is 5.13. The number of aromatic nitrogens is 3. The van der Waals surface area contributed by atoms with Gasteiger partial charge in [-0.3, -0.25) is 19.5 Å². The first-order chi connectivity index (χ1) is 16.0. The molecular weight excluding hydrogens is 424 g/mol. The van der Waals surface area contributed by atoms with E-state index in [0.717, 1.165) is 23.4 Å². The first kappa shape index (κ1) is 22.0. The standard InChI is InChI=1S/C23H24N6O4/c1-33-18-10-6-15(7-11-18)22-26-19(27-28-22)13-24-20(30)14-25-23(32)16-4-8-17(9-5-16)29-12-2-3-21(29)31/h4-11H,2-3,12-14H2,1H3,(H,24,30)(H,25,32)(H,26,27,28). The highest BCUT2D eigenvalue weighted by Crippen LogP contribution is 2.21. The molecule has 0 atom stereocenters. The van der Waals surface area contributed by atoms with Gasteiger partial charge in [0, 0.05) is 29.8 Å². The maximum absolute atomic E-state index is 12.3. The van der Waals surface area contributed by atoms with E-state index < -0.39 is 0 Å². The summed E-state index contributed by atoms with van der Waals surface area (Å²) in [4.78, 5) is 42.3. The number of methoxy groups -OCH3 is 1. The van der Waals surface area contributed by atoms with Crippen LogP contribution in [0.3, 0.4) is 0 Å². The molecule has 4 rings (SSSR count). The highest BCUT2D eigenvalue weighted by molar-refractivity contribution is 5.98. The number of carbonyl (C=O) groups is 3. The fraction of sp³-hybridized carbons (Fsp3) is 0.261. The molecule has 170 valence electrons. The van der Waals surface area contributed by atoms with Crippen LogP contribution in [-0.2, 0) is 16.1 Å². The molecule has 1 saturated heterocycles. The van der Waals surface area contributed by atoms with Crippen molar-refractivity contribution in [1.29, 1.82) is 0 Å². The van der Waals surface area contributed by atoms with Gasteiger partial charge in [-0.25, -0.2) is 4.98 Å². The predicted octanol–water partition coefficient (Wildman–Crippen LogP) is 1.65. The minimum Gasteiger partial charge on any atom is -0.497 e. The van der Waals surface area contributed by atoms with Gasteiger partial charge in [0.1, 0.15) is 11.6 Å². The van der Waals surface area contributed by atoms with Crippen LogP contribution in [0.5, 0.6) is 5.75 Å². The third kappa shape index (κ3) is 5.35. The van der Waals surface area contributed by atoms with Crippen molar-refractivity contribution >= 4 is 23.4 Å². The minimum absolute atomic E-state index is 0.0896. The lowest BCUT2D eigenvalue weighted by atomic mass is 10.2. The fourth-order valence-corrected chi connectivity index (χ4v) is 3.46. The quantitative estimate of drug-likeness (QED) is 0.481. The van der Waals surface area contributed by atoms with Crippen LogP contribution >= 0.6 is 0 Å². The van der Waals surface area contributed by atoms with Gasteiger partial charge < -0.3 is 20.3 Å². The summed E-state index contributed by atoms with van der Waals surface area (Å²) in [6.07, 6.45) is 1.39. The second-order valence-corrected chi connectivity index (χ2v) is 7.49. The van der Waals surface area contributed by atoms with Gasteiger partial charge in [-0.2, -0.15) is 5.10 Å². The molecule has 33 heavy (non-hydrogen) atoms. The van der Waals surface area contributed by atoms with Crippen LogP contribution in [0.4, 0.5) is 5.69 Å². The van der Waals surface area contributed by atoms with Gasteiger partial charge in [-0.05, 0) is 55.0 Å². The largest absolute Gasteiger partial charge is 0.497 e.